The summed E-state index contributed by atoms with van der Waals surface area (Å²) in [6.07, 6.45) is 0.824. The predicted octanol–water partition coefficient (Wildman–Crippen LogP) is 3.21. The van der Waals surface area contributed by atoms with Gasteiger partial charge in [0.25, 0.3) is 0 Å². The van der Waals surface area contributed by atoms with E-state index in [1.54, 1.807) is 6.07 Å². The van der Waals surface area contributed by atoms with Crippen LogP contribution in [0.5, 0.6) is 23.0 Å². The van der Waals surface area contributed by atoms with Crippen LogP contribution in [0.1, 0.15) is 36.2 Å². The molecule has 0 fully saturated rings. The largest absolute Gasteiger partial charge is 0.508 e. The number of hydrogen-bond donors (Lipinski definition) is 3. The van der Waals surface area contributed by atoms with Crippen LogP contribution in [0.15, 0.2) is 36.4 Å². The topological polar surface area (TPSA) is 87.0 Å². The fourth-order valence-electron chi connectivity index (χ4n) is 1.95. The van der Waals surface area contributed by atoms with E-state index in [4.69, 9.17) is 4.74 Å². The van der Waals surface area contributed by atoms with Gasteiger partial charge in [0, 0.05) is 12.1 Å². The van der Waals surface area contributed by atoms with E-state index in [1.807, 2.05) is 13.8 Å². The Morgan fingerprint density at radius 1 is 1.05 bits per heavy atom. The molecule has 0 aliphatic carbocycles. The second-order valence-electron chi connectivity index (χ2n) is 5.05. The molecule has 0 aliphatic rings. The first kappa shape index (κ1) is 15.7. The van der Waals surface area contributed by atoms with Crippen LogP contribution in [0.25, 0.3) is 0 Å². The molecule has 0 saturated heterocycles. The van der Waals surface area contributed by atoms with E-state index in [-0.39, 0.29) is 34.5 Å². The number of ketones is 1. The Hall–Kier alpha value is -2.69. The van der Waals surface area contributed by atoms with Gasteiger partial charge in [-0.3, -0.25) is 4.79 Å². The van der Waals surface area contributed by atoms with Crippen molar-refractivity contribution in [1.29, 1.82) is 0 Å². The molecule has 116 valence electrons. The first-order valence-corrected chi connectivity index (χ1v) is 6.98. The Kier molecular flexibility index (Phi) is 4.56. The molecule has 3 N–H and O–H groups in total. The number of phenolic OH excluding ortho intramolecular Hbond substituents is 3. The number of carbonyl (C=O) groups excluding carboxylic acids is 1. The molecular formula is C17H18O5. The first-order valence-electron chi connectivity index (χ1n) is 6.98. The van der Waals surface area contributed by atoms with Crippen LogP contribution >= 0.6 is 0 Å². The number of hydrogen-bond acceptors (Lipinski definition) is 5. The highest BCUT2D eigenvalue weighted by molar-refractivity contribution is 6.12. The number of ether oxygens (including phenoxy) is 1. The molecule has 0 saturated carbocycles. The van der Waals surface area contributed by atoms with Crippen molar-refractivity contribution in [3.05, 3.63) is 47.5 Å². The van der Waals surface area contributed by atoms with Crippen LogP contribution in [0.4, 0.5) is 0 Å². The van der Waals surface area contributed by atoms with Gasteiger partial charge in [0.1, 0.15) is 23.0 Å². The standard InChI is InChI=1S/C17H18O5/c1-3-10(2)22-12-5-7-14(16(20)9-12)17(21)13-6-4-11(18)8-15(13)19/h4-10,18-20H,3H2,1-2H3. The molecule has 1 unspecified atom stereocenters. The number of carbonyl (C=O) groups is 1. The third kappa shape index (κ3) is 3.31. The smallest absolute Gasteiger partial charge is 0.200 e. The van der Waals surface area contributed by atoms with E-state index >= 15 is 0 Å². The van der Waals surface area contributed by atoms with Gasteiger partial charge in [-0.25, -0.2) is 0 Å². The summed E-state index contributed by atoms with van der Waals surface area (Å²) in [6, 6.07) is 8.08. The fourth-order valence-corrected chi connectivity index (χ4v) is 1.95. The zero-order valence-electron chi connectivity index (χ0n) is 12.4. The van der Waals surface area contributed by atoms with Crippen molar-refractivity contribution in [3.63, 3.8) is 0 Å². The summed E-state index contributed by atoms with van der Waals surface area (Å²) >= 11 is 0. The molecular weight excluding hydrogens is 284 g/mol. The van der Waals surface area contributed by atoms with Gasteiger partial charge in [-0.15, -0.1) is 0 Å². The van der Waals surface area contributed by atoms with E-state index in [2.05, 4.69) is 0 Å². The number of benzene rings is 2. The lowest BCUT2D eigenvalue weighted by molar-refractivity contribution is 0.103. The fraction of sp³-hybridized carbons (Fsp3) is 0.235. The first-order chi connectivity index (χ1) is 10.4. The molecule has 5 nitrogen and oxygen atoms in total. The van der Waals surface area contributed by atoms with Gasteiger partial charge in [-0.2, -0.15) is 0 Å². The average molecular weight is 302 g/mol. The summed E-state index contributed by atoms with van der Waals surface area (Å²) in [4.78, 5) is 12.3. The summed E-state index contributed by atoms with van der Waals surface area (Å²) in [5.41, 5.74) is 0.0567. The van der Waals surface area contributed by atoms with E-state index in [1.165, 1.54) is 24.3 Å². The van der Waals surface area contributed by atoms with Crippen molar-refractivity contribution >= 4 is 5.78 Å². The lowest BCUT2D eigenvalue weighted by Crippen LogP contribution is -2.10. The van der Waals surface area contributed by atoms with E-state index < -0.39 is 5.78 Å². The SMILES string of the molecule is CCC(C)Oc1ccc(C(=O)c2ccc(O)cc2O)c(O)c1. The Bertz CT molecular complexity index is 693. The van der Waals surface area contributed by atoms with E-state index in [9.17, 15) is 20.1 Å². The van der Waals surface area contributed by atoms with E-state index in [0.29, 0.717) is 5.75 Å². The lowest BCUT2D eigenvalue weighted by atomic mass is 10.0. The highest BCUT2D eigenvalue weighted by Gasteiger charge is 2.18. The minimum Gasteiger partial charge on any atom is -0.508 e. The quantitative estimate of drug-likeness (QED) is 0.738. The molecule has 2 aromatic rings. The van der Waals surface area contributed by atoms with Gasteiger partial charge >= 0.3 is 0 Å². The summed E-state index contributed by atoms with van der Waals surface area (Å²) < 4.78 is 5.57. The predicted molar refractivity (Wildman–Crippen MR) is 81.7 cm³/mol. The average Bonchev–Trinajstić information content (AvgIpc) is 2.46. The van der Waals surface area contributed by atoms with Crippen molar-refractivity contribution in [2.45, 2.75) is 26.4 Å². The van der Waals surface area contributed by atoms with Crippen LogP contribution in [-0.2, 0) is 0 Å². The van der Waals surface area contributed by atoms with Crippen molar-refractivity contribution in [2.75, 3.05) is 0 Å². The van der Waals surface area contributed by atoms with E-state index in [0.717, 1.165) is 12.5 Å². The molecule has 5 heteroatoms. The highest BCUT2D eigenvalue weighted by Crippen LogP contribution is 2.30. The Morgan fingerprint density at radius 2 is 1.64 bits per heavy atom. The van der Waals surface area contributed by atoms with Gasteiger partial charge < -0.3 is 20.1 Å². The maximum Gasteiger partial charge on any atom is 0.200 e. The van der Waals surface area contributed by atoms with Gasteiger partial charge in [-0.1, -0.05) is 6.92 Å². The second-order valence-corrected chi connectivity index (χ2v) is 5.05. The van der Waals surface area contributed by atoms with Crippen LogP contribution in [0.3, 0.4) is 0 Å². The van der Waals surface area contributed by atoms with Crippen molar-refractivity contribution in [3.8, 4) is 23.0 Å². The van der Waals surface area contributed by atoms with Crippen LogP contribution < -0.4 is 4.74 Å². The molecule has 0 bridgehead atoms. The molecule has 0 aromatic heterocycles. The van der Waals surface area contributed by atoms with Crippen LogP contribution in [0.2, 0.25) is 0 Å². The lowest BCUT2D eigenvalue weighted by Gasteiger charge is -2.13. The van der Waals surface area contributed by atoms with Gasteiger partial charge in [0.15, 0.2) is 5.78 Å². The summed E-state index contributed by atoms with van der Waals surface area (Å²) in [5.74, 6) is -0.776. The molecule has 2 aromatic carbocycles. The zero-order valence-corrected chi connectivity index (χ0v) is 12.4. The van der Waals surface area contributed by atoms with Crippen molar-refractivity contribution < 1.29 is 24.9 Å². The Morgan fingerprint density at radius 3 is 2.18 bits per heavy atom. The molecule has 2 rings (SSSR count). The number of aromatic hydroxyl groups is 3. The van der Waals surface area contributed by atoms with Crippen molar-refractivity contribution in [1.82, 2.24) is 0 Å². The number of phenols is 3. The van der Waals surface area contributed by atoms with Crippen molar-refractivity contribution in [2.24, 2.45) is 0 Å². The van der Waals surface area contributed by atoms with Gasteiger partial charge in [0.2, 0.25) is 0 Å². The highest BCUT2D eigenvalue weighted by atomic mass is 16.5. The van der Waals surface area contributed by atoms with Gasteiger partial charge in [0.05, 0.1) is 17.2 Å². The maximum atomic E-state index is 12.3. The number of rotatable bonds is 5. The third-order valence-electron chi connectivity index (χ3n) is 3.35. The molecule has 22 heavy (non-hydrogen) atoms. The normalized spacial score (nSPS) is 11.9. The van der Waals surface area contributed by atoms with Crippen LogP contribution in [0, 0.1) is 0 Å². The monoisotopic (exact) mass is 302 g/mol. The molecule has 0 heterocycles. The zero-order chi connectivity index (χ0) is 16.3. The second kappa shape index (κ2) is 6.39. The molecule has 0 radical (unpaired) electrons. The molecule has 0 amide bonds. The molecule has 0 aliphatic heterocycles. The summed E-state index contributed by atoms with van der Waals surface area (Å²) in [7, 11) is 0. The Balaban J connectivity index is 2.30. The van der Waals surface area contributed by atoms with Crippen LogP contribution in [-0.4, -0.2) is 27.2 Å². The third-order valence-corrected chi connectivity index (χ3v) is 3.35. The molecule has 0 spiro atoms. The summed E-state index contributed by atoms with van der Waals surface area (Å²) in [5, 5.41) is 29.0. The Labute approximate surface area is 128 Å². The minimum absolute atomic E-state index is 0.00194. The van der Waals surface area contributed by atoms with Gasteiger partial charge in [-0.05, 0) is 37.6 Å². The minimum atomic E-state index is -0.537. The molecule has 1 atom stereocenters. The summed E-state index contributed by atoms with van der Waals surface area (Å²) in [6.45, 7) is 3.89. The maximum absolute atomic E-state index is 12.3.